The fourth-order valence-corrected chi connectivity index (χ4v) is 3.37. The highest BCUT2D eigenvalue weighted by molar-refractivity contribution is 8.23. The molecule has 0 aliphatic rings. The Bertz CT molecular complexity index is 749. The van der Waals surface area contributed by atoms with E-state index in [9.17, 15) is 34.5 Å². The molecule has 122 valence electrons. The Labute approximate surface area is 130 Å². The first-order valence-electron chi connectivity index (χ1n) is 6.09. The van der Waals surface area contributed by atoms with Crippen molar-refractivity contribution >= 4 is 22.0 Å². The molecule has 0 fully saturated rings. The average Bonchev–Trinajstić information content (AvgIpc) is 2.46. The van der Waals surface area contributed by atoms with Crippen LogP contribution in [0, 0.1) is 20.2 Å². The van der Waals surface area contributed by atoms with Crippen molar-refractivity contribution in [2.75, 3.05) is 0 Å². The van der Waals surface area contributed by atoms with Crippen molar-refractivity contribution in [3.8, 4) is 0 Å². The third-order valence-electron chi connectivity index (χ3n) is 2.89. The number of benzene rings is 1. The van der Waals surface area contributed by atoms with Gasteiger partial charge in [-0.3, -0.25) is 34.5 Å². The number of nitrogens with zero attached hydrogens (tertiary/aromatic N) is 3. The predicted molar refractivity (Wildman–Crippen MR) is 78.4 cm³/mol. The van der Waals surface area contributed by atoms with Gasteiger partial charge in [-0.15, -0.1) is 10.6 Å². The van der Waals surface area contributed by atoms with Gasteiger partial charge in [0.15, 0.2) is 0 Å². The van der Waals surface area contributed by atoms with E-state index in [-0.39, 0.29) is 10.6 Å². The van der Waals surface area contributed by atoms with Crippen LogP contribution in [0.2, 0.25) is 0 Å². The lowest BCUT2D eigenvalue weighted by Crippen LogP contribution is -2.35. The molecular weight excluding hydrogens is 330 g/mol. The fraction of sp³-hybridized carbons (Fsp3) is 0.0833. The minimum Gasteiger partial charge on any atom is -0.290 e. The molecule has 2 rings (SSSR count). The highest BCUT2D eigenvalue weighted by Crippen LogP contribution is 2.49. The van der Waals surface area contributed by atoms with Gasteiger partial charge >= 0.3 is 5.03 Å². The third kappa shape index (κ3) is 3.71. The number of nitro benzene ring substituents is 2. The molecule has 0 aliphatic heterocycles. The zero-order chi connectivity index (χ0) is 17.2. The summed E-state index contributed by atoms with van der Waals surface area (Å²) in [6.45, 7) is 0. The van der Waals surface area contributed by atoms with Crippen LogP contribution in [0.4, 0.5) is 11.4 Å². The van der Waals surface area contributed by atoms with Crippen molar-refractivity contribution in [1.29, 1.82) is 0 Å². The lowest BCUT2D eigenvalue weighted by Gasteiger charge is -2.27. The monoisotopic (exact) mass is 342 g/mol. The Morgan fingerprint density at radius 2 is 1.61 bits per heavy atom. The summed E-state index contributed by atoms with van der Waals surface area (Å²) in [7, 11) is -3.56. The van der Waals surface area contributed by atoms with Crippen LogP contribution in [0.1, 0.15) is 5.56 Å². The van der Waals surface area contributed by atoms with Gasteiger partial charge in [-0.1, -0.05) is 0 Å². The third-order valence-corrected chi connectivity index (χ3v) is 4.62. The molecule has 0 unspecified atom stereocenters. The molecule has 3 N–H and O–H groups in total. The molecule has 1 aromatic heterocycles. The zero-order valence-corrected chi connectivity index (χ0v) is 12.3. The molecule has 23 heavy (non-hydrogen) atoms. The minimum absolute atomic E-state index is 0.00486. The fourth-order valence-electron chi connectivity index (χ4n) is 1.93. The summed E-state index contributed by atoms with van der Waals surface area (Å²) in [5, 5.41) is 31.1. The van der Waals surface area contributed by atoms with Crippen LogP contribution in [-0.2, 0) is 5.75 Å². The number of hydrogen-bond acceptors (Lipinski definition) is 7. The van der Waals surface area contributed by atoms with Gasteiger partial charge in [0.1, 0.15) is 0 Å². The Morgan fingerprint density at radius 1 is 1.04 bits per heavy atom. The first-order valence-corrected chi connectivity index (χ1v) is 7.81. The largest absolute Gasteiger partial charge is 0.344 e. The molecule has 0 radical (unpaired) electrons. The Hall–Kier alpha value is -2.76. The van der Waals surface area contributed by atoms with Gasteiger partial charge in [0.2, 0.25) is 6.20 Å². The zero-order valence-electron chi connectivity index (χ0n) is 11.5. The predicted octanol–water partition coefficient (Wildman–Crippen LogP) is 2.34. The summed E-state index contributed by atoms with van der Waals surface area (Å²) in [5.41, 5.74) is -1.07. The molecule has 0 aliphatic carbocycles. The van der Waals surface area contributed by atoms with Crippen molar-refractivity contribution < 1.29 is 28.9 Å². The lowest BCUT2D eigenvalue weighted by atomic mass is 10.2. The maximum Gasteiger partial charge on any atom is 0.344 e. The number of non-ortho nitro benzene ring substituents is 2. The molecule has 2 aromatic rings. The number of nitro groups is 2. The SMILES string of the molecule is O=[N+]([O-])c1cc(CS(O)(O)c2cccc[n+]2O)cc([N+](=O)[O-])c1. The standard InChI is InChI=1S/C12H11N3O7S/c16-13-4-2-1-3-12(13)23(21,22)8-9-5-10(14(17)18)7-11(6-9)15(19)20/h1-7H,8H2,(H2-,16,21,22)/p+1. The number of pyridine rings is 1. The quantitative estimate of drug-likeness (QED) is 0.326. The molecule has 1 aromatic carbocycles. The highest BCUT2D eigenvalue weighted by atomic mass is 32.3. The van der Waals surface area contributed by atoms with Gasteiger partial charge in [-0.05, 0) is 11.6 Å². The van der Waals surface area contributed by atoms with Gasteiger partial charge in [0.05, 0.1) is 21.7 Å². The topological polar surface area (TPSA) is 151 Å². The van der Waals surface area contributed by atoms with Gasteiger partial charge in [-0.2, -0.15) is 0 Å². The summed E-state index contributed by atoms with van der Waals surface area (Å²) < 4.78 is 20.9. The van der Waals surface area contributed by atoms with E-state index >= 15 is 0 Å². The summed E-state index contributed by atoms with van der Waals surface area (Å²) >= 11 is 0. The van der Waals surface area contributed by atoms with Crippen molar-refractivity contribution in [2.24, 2.45) is 0 Å². The average molecular weight is 342 g/mol. The van der Waals surface area contributed by atoms with E-state index in [2.05, 4.69) is 0 Å². The van der Waals surface area contributed by atoms with E-state index in [0.717, 1.165) is 18.2 Å². The normalized spacial score (nSPS) is 11.9. The van der Waals surface area contributed by atoms with Gasteiger partial charge < -0.3 is 0 Å². The van der Waals surface area contributed by atoms with Crippen LogP contribution in [0.25, 0.3) is 0 Å². The number of rotatable bonds is 5. The van der Waals surface area contributed by atoms with Crippen LogP contribution in [0.3, 0.4) is 0 Å². The van der Waals surface area contributed by atoms with Gasteiger partial charge in [0, 0.05) is 29.0 Å². The summed E-state index contributed by atoms with van der Waals surface area (Å²) in [6, 6.07) is 7.01. The Balaban J connectivity index is 2.44. The van der Waals surface area contributed by atoms with Crippen LogP contribution in [-0.4, -0.2) is 24.2 Å². The smallest absolute Gasteiger partial charge is 0.290 e. The first kappa shape index (κ1) is 16.6. The lowest BCUT2D eigenvalue weighted by molar-refractivity contribution is -0.933. The Kier molecular flexibility index (Phi) is 4.45. The molecule has 10 nitrogen and oxygen atoms in total. The van der Waals surface area contributed by atoms with Crippen molar-refractivity contribution in [3.05, 3.63) is 68.4 Å². The minimum atomic E-state index is -3.56. The molecule has 0 atom stereocenters. The molecule has 0 amide bonds. The van der Waals surface area contributed by atoms with Crippen molar-refractivity contribution in [3.63, 3.8) is 0 Å². The molecule has 1 heterocycles. The maximum absolute atomic E-state index is 10.8. The van der Waals surface area contributed by atoms with E-state index in [0.29, 0.717) is 4.73 Å². The summed E-state index contributed by atoms with van der Waals surface area (Å²) in [6.07, 6.45) is 1.18. The molecule has 11 heteroatoms. The van der Waals surface area contributed by atoms with Crippen LogP contribution in [0.5, 0.6) is 0 Å². The first-order chi connectivity index (χ1) is 10.7. The molecule has 0 spiro atoms. The van der Waals surface area contributed by atoms with Gasteiger partial charge in [-0.25, -0.2) is 0 Å². The maximum atomic E-state index is 10.8. The van der Waals surface area contributed by atoms with Crippen molar-refractivity contribution in [1.82, 2.24) is 0 Å². The molecule has 0 saturated heterocycles. The second-order valence-electron chi connectivity index (χ2n) is 4.57. The van der Waals surface area contributed by atoms with Crippen LogP contribution < -0.4 is 4.73 Å². The number of hydrogen-bond donors (Lipinski definition) is 3. The second-order valence-corrected chi connectivity index (χ2v) is 6.61. The van der Waals surface area contributed by atoms with Crippen LogP contribution in [0.15, 0.2) is 47.6 Å². The van der Waals surface area contributed by atoms with E-state index in [1.165, 1.54) is 24.4 Å². The molecule has 0 bridgehead atoms. The van der Waals surface area contributed by atoms with Gasteiger partial charge in [0.25, 0.3) is 11.4 Å². The summed E-state index contributed by atoms with van der Waals surface area (Å²) in [5.74, 6) is -0.514. The highest BCUT2D eigenvalue weighted by Gasteiger charge is 2.29. The molecular formula is C12H12N3O7S+. The Morgan fingerprint density at radius 3 is 2.09 bits per heavy atom. The van der Waals surface area contributed by atoms with Crippen molar-refractivity contribution in [2.45, 2.75) is 10.8 Å². The second kappa shape index (κ2) is 6.16. The van der Waals surface area contributed by atoms with E-state index in [1.54, 1.807) is 0 Å². The van der Waals surface area contributed by atoms with Crippen LogP contribution >= 0.6 is 10.6 Å². The summed E-state index contributed by atoms with van der Waals surface area (Å²) in [4.78, 5) is 20.1. The van der Waals surface area contributed by atoms with E-state index < -0.39 is 37.6 Å². The van der Waals surface area contributed by atoms with E-state index in [4.69, 9.17) is 0 Å². The molecule has 0 saturated carbocycles. The number of aromatic nitrogens is 1. The van der Waals surface area contributed by atoms with E-state index in [1.807, 2.05) is 0 Å².